The molecule has 1 saturated carbocycles. The Balaban J connectivity index is 1.64. The SMILES string of the molecule is CC1(C)CN(CCc2ccccc2)CC2(CCCCC2)N1. The molecule has 0 amide bonds. The fourth-order valence-corrected chi connectivity index (χ4v) is 4.44. The van der Waals surface area contributed by atoms with Crippen LogP contribution in [-0.2, 0) is 6.42 Å². The van der Waals surface area contributed by atoms with Crippen molar-refractivity contribution in [1.29, 1.82) is 0 Å². The summed E-state index contributed by atoms with van der Waals surface area (Å²) >= 11 is 0. The molecule has 1 aliphatic heterocycles. The van der Waals surface area contributed by atoms with Crippen molar-refractivity contribution in [2.24, 2.45) is 0 Å². The molecule has 0 aromatic heterocycles. The molecule has 21 heavy (non-hydrogen) atoms. The van der Waals surface area contributed by atoms with Crippen molar-refractivity contribution in [3.63, 3.8) is 0 Å². The van der Waals surface area contributed by atoms with Crippen molar-refractivity contribution in [1.82, 2.24) is 10.2 Å². The fourth-order valence-electron chi connectivity index (χ4n) is 4.44. The maximum atomic E-state index is 3.99. The Hall–Kier alpha value is -0.860. The van der Waals surface area contributed by atoms with Crippen molar-refractivity contribution in [3.8, 4) is 0 Å². The van der Waals surface area contributed by atoms with Crippen molar-refractivity contribution >= 4 is 0 Å². The fraction of sp³-hybridized carbons (Fsp3) is 0.684. The van der Waals surface area contributed by atoms with Gasteiger partial charge in [-0.1, -0.05) is 49.6 Å². The van der Waals surface area contributed by atoms with Gasteiger partial charge in [0.25, 0.3) is 0 Å². The Bertz CT molecular complexity index is 446. The van der Waals surface area contributed by atoms with Gasteiger partial charge in [-0.15, -0.1) is 0 Å². The third-order valence-electron chi connectivity index (χ3n) is 5.12. The minimum Gasteiger partial charge on any atom is -0.304 e. The second kappa shape index (κ2) is 6.10. The van der Waals surface area contributed by atoms with Gasteiger partial charge in [-0.3, -0.25) is 4.90 Å². The molecule has 1 aromatic carbocycles. The number of benzene rings is 1. The number of hydrogen-bond donors (Lipinski definition) is 1. The molecule has 116 valence electrons. The Kier molecular flexibility index (Phi) is 4.37. The lowest BCUT2D eigenvalue weighted by Gasteiger charge is -2.53. The molecule has 1 heterocycles. The number of nitrogens with zero attached hydrogens (tertiary/aromatic N) is 1. The van der Waals surface area contributed by atoms with Gasteiger partial charge < -0.3 is 5.32 Å². The summed E-state index contributed by atoms with van der Waals surface area (Å²) in [7, 11) is 0. The van der Waals surface area contributed by atoms with E-state index in [0.29, 0.717) is 5.54 Å². The van der Waals surface area contributed by atoms with Crippen molar-refractivity contribution in [2.45, 2.75) is 63.5 Å². The van der Waals surface area contributed by atoms with Gasteiger partial charge in [0.15, 0.2) is 0 Å². The molecule has 0 bridgehead atoms. The third-order valence-corrected chi connectivity index (χ3v) is 5.12. The molecule has 2 nitrogen and oxygen atoms in total. The van der Waals surface area contributed by atoms with Gasteiger partial charge in [-0.05, 0) is 38.7 Å². The molecule has 3 rings (SSSR count). The molecule has 1 saturated heterocycles. The summed E-state index contributed by atoms with van der Waals surface area (Å²) in [5, 5.41) is 3.99. The van der Waals surface area contributed by atoms with E-state index in [4.69, 9.17) is 0 Å². The van der Waals surface area contributed by atoms with Crippen LogP contribution in [0.25, 0.3) is 0 Å². The molecule has 1 spiro atoms. The van der Waals surface area contributed by atoms with E-state index in [-0.39, 0.29) is 5.54 Å². The van der Waals surface area contributed by atoms with Gasteiger partial charge in [0.1, 0.15) is 0 Å². The quantitative estimate of drug-likeness (QED) is 0.913. The zero-order valence-corrected chi connectivity index (χ0v) is 13.7. The first-order valence-corrected chi connectivity index (χ1v) is 8.63. The zero-order valence-electron chi connectivity index (χ0n) is 13.7. The molecule has 1 aromatic rings. The highest BCUT2D eigenvalue weighted by Gasteiger charge is 2.42. The zero-order chi connectivity index (χ0) is 14.8. The Labute approximate surface area is 129 Å². The van der Waals surface area contributed by atoms with Crippen molar-refractivity contribution in [2.75, 3.05) is 19.6 Å². The van der Waals surface area contributed by atoms with E-state index in [0.717, 1.165) is 0 Å². The van der Waals surface area contributed by atoms with Crippen LogP contribution in [0.2, 0.25) is 0 Å². The summed E-state index contributed by atoms with van der Waals surface area (Å²) in [5.41, 5.74) is 2.09. The van der Waals surface area contributed by atoms with Crippen LogP contribution < -0.4 is 5.32 Å². The highest BCUT2D eigenvalue weighted by atomic mass is 15.3. The van der Waals surface area contributed by atoms with Crippen LogP contribution in [0.1, 0.15) is 51.5 Å². The highest BCUT2D eigenvalue weighted by molar-refractivity contribution is 5.15. The van der Waals surface area contributed by atoms with Crippen molar-refractivity contribution in [3.05, 3.63) is 35.9 Å². The monoisotopic (exact) mass is 286 g/mol. The predicted octanol–water partition coefficient (Wildman–Crippen LogP) is 3.62. The van der Waals surface area contributed by atoms with E-state index in [9.17, 15) is 0 Å². The second-order valence-corrected chi connectivity index (χ2v) is 7.80. The largest absolute Gasteiger partial charge is 0.304 e. The minimum absolute atomic E-state index is 0.242. The normalized spacial score (nSPS) is 25.0. The van der Waals surface area contributed by atoms with Crippen LogP contribution in [0.3, 0.4) is 0 Å². The lowest BCUT2D eigenvalue weighted by atomic mass is 9.77. The highest BCUT2D eigenvalue weighted by Crippen LogP contribution is 2.34. The lowest BCUT2D eigenvalue weighted by molar-refractivity contribution is 0.0378. The van der Waals surface area contributed by atoms with E-state index in [1.807, 2.05) is 0 Å². The molecule has 0 atom stereocenters. The Morgan fingerprint density at radius 2 is 1.71 bits per heavy atom. The predicted molar refractivity (Wildman–Crippen MR) is 89.6 cm³/mol. The first-order valence-electron chi connectivity index (χ1n) is 8.63. The number of rotatable bonds is 3. The van der Waals surface area contributed by atoms with E-state index in [1.54, 1.807) is 0 Å². The summed E-state index contributed by atoms with van der Waals surface area (Å²) in [6, 6.07) is 10.9. The Morgan fingerprint density at radius 1 is 1.00 bits per heavy atom. The number of nitrogens with one attached hydrogen (secondary N) is 1. The molecule has 0 unspecified atom stereocenters. The van der Waals surface area contributed by atoms with Crippen LogP contribution in [0.15, 0.2) is 30.3 Å². The van der Waals surface area contributed by atoms with E-state index in [2.05, 4.69) is 54.4 Å². The van der Waals surface area contributed by atoms with E-state index < -0.39 is 0 Å². The second-order valence-electron chi connectivity index (χ2n) is 7.80. The van der Waals surface area contributed by atoms with Gasteiger partial charge in [-0.2, -0.15) is 0 Å². The molecule has 1 N–H and O–H groups in total. The summed E-state index contributed by atoms with van der Waals surface area (Å²) in [6.07, 6.45) is 8.11. The van der Waals surface area contributed by atoms with Gasteiger partial charge in [0.2, 0.25) is 0 Å². The van der Waals surface area contributed by atoms with Crippen molar-refractivity contribution < 1.29 is 0 Å². The van der Waals surface area contributed by atoms with Gasteiger partial charge in [0, 0.05) is 30.7 Å². The summed E-state index contributed by atoms with van der Waals surface area (Å²) < 4.78 is 0. The summed E-state index contributed by atoms with van der Waals surface area (Å²) in [6.45, 7) is 8.35. The molecule has 2 aliphatic rings. The molecule has 0 radical (unpaired) electrons. The van der Waals surface area contributed by atoms with Crippen LogP contribution >= 0.6 is 0 Å². The maximum absolute atomic E-state index is 3.99. The van der Waals surface area contributed by atoms with Crippen LogP contribution in [0.4, 0.5) is 0 Å². The minimum atomic E-state index is 0.242. The summed E-state index contributed by atoms with van der Waals surface area (Å²) in [4.78, 5) is 2.70. The molecule has 1 aliphatic carbocycles. The standard InChI is InChI=1S/C19H30N2/c1-18(2)15-21(14-11-17-9-5-3-6-10-17)16-19(20-18)12-7-4-8-13-19/h3,5-6,9-10,20H,4,7-8,11-16H2,1-2H3. The topological polar surface area (TPSA) is 15.3 Å². The molecule has 2 fully saturated rings. The smallest absolute Gasteiger partial charge is 0.0313 e. The van der Waals surface area contributed by atoms with Crippen LogP contribution in [0.5, 0.6) is 0 Å². The average molecular weight is 286 g/mol. The Morgan fingerprint density at radius 3 is 2.43 bits per heavy atom. The number of piperazine rings is 1. The van der Waals surface area contributed by atoms with Gasteiger partial charge in [-0.25, -0.2) is 0 Å². The molecular formula is C19H30N2. The van der Waals surface area contributed by atoms with Gasteiger partial charge >= 0.3 is 0 Å². The van der Waals surface area contributed by atoms with E-state index >= 15 is 0 Å². The maximum Gasteiger partial charge on any atom is 0.0313 e. The first kappa shape index (κ1) is 15.1. The average Bonchev–Trinajstić information content (AvgIpc) is 2.45. The van der Waals surface area contributed by atoms with Gasteiger partial charge in [0.05, 0.1) is 0 Å². The lowest BCUT2D eigenvalue weighted by Crippen LogP contribution is -2.69. The molecule has 2 heteroatoms. The summed E-state index contributed by atoms with van der Waals surface area (Å²) in [5.74, 6) is 0. The number of hydrogen-bond acceptors (Lipinski definition) is 2. The third kappa shape index (κ3) is 3.87. The van der Waals surface area contributed by atoms with Crippen LogP contribution in [-0.4, -0.2) is 35.6 Å². The molecular weight excluding hydrogens is 256 g/mol. The van der Waals surface area contributed by atoms with E-state index in [1.165, 1.54) is 63.7 Å². The first-order chi connectivity index (χ1) is 10.1. The van der Waals surface area contributed by atoms with Crippen LogP contribution in [0, 0.1) is 0 Å².